The minimum absolute atomic E-state index is 0.00837. The number of alkyl halides is 3. The summed E-state index contributed by atoms with van der Waals surface area (Å²) in [6, 6.07) is 5.95. The molecule has 0 fully saturated rings. The molecule has 1 aromatic rings. The van der Waals surface area contributed by atoms with Gasteiger partial charge in [0.05, 0.1) is 5.69 Å². The summed E-state index contributed by atoms with van der Waals surface area (Å²) in [4.78, 5) is 0. The van der Waals surface area contributed by atoms with Gasteiger partial charge < -0.3 is 0 Å². The van der Waals surface area contributed by atoms with Gasteiger partial charge in [-0.2, -0.15) is 20.8 Å². The van der Waals surface area contributed by atoms with E-state index in [9.17, 15) is 17.0 Å². The molecule has 0 saturated heterocycles. The summed E-state index contributed by atoms with van der Waals surface area (Å²) in [5, 5.41) is 0. The molecule has 1 atom stereocenters. The van der Waals surface area contributed by atoms with Gasteiger partial charge in [-0.1, -0.05) is 17.7 Å². The first-order chi connectivity index (χ1) is 8.98. The second-order valence-electron chi connectivity index (χ2n) is 4.05. The number of nitrogens with zero attached hydrogens (tertiary/aromatic N) is 2. The summed E-state index contributed by atoms with van der Waals surface area (Å²) in [5.74, 6) is 0. The van der Waals surface area contributed by atoms with Crippen LogP contribution in [0.25, 0.3) is 0 Å². The molecule has 0 aromatic heterocycles. The molecule has 1 rings (SSSR count). The Hall–Kier alpha value is -0.410. The highest BCUT2D eigenvalue weighted by atomic mass is 35.5. The maximum Gasteiger partial charge on any atom is 0.352 e. The third-order valence-electron chi connectivity index (χ3n) is 2.26. The molecule has 0 aliphatic rings. The summed E-state index contributed by atoms with van der Waals surface area (Å²) in [7, 11) is -4.65. The number of rotatable bonds is 5. The second kappa shape index (κ2) is 6.15. The molecule has 1 unspecified atom stereocenters. The van der Waals surface area contributed by atoms with E-state index in [1.807, 2.05) is 0 Å². The van der Waals surface area contributed by atoms with Gasteiger partial charge in [-0.25, -0.2) is 4.21 Å². The van der Waals surface area contributed by atoms with Crippen LogP contribution in [0.3, 0.4) is 0 Å². The Morgan fingerprint density at radius 3 is 2.00 bits per heavy atom. The van der Waals surface area contributed by atoms with E-state index in [2.05, 4.69) is 0 Å². The molecule has 0 radical (unpaired) electrons. The van der Waals surface area contributed by atoms with Crippen LogP contribution in [0.1, 0.15) is 5.56 Å². The largest absolute Gasteiger partial charge is 0.352 e. The molecular weight excluding hydrogens is 350 g/mol. The summed E-state index contributed by atoms with van der Waals surface area (Å²) >= 11 is 10.3. The Balaban J connectivity index is 3.44. The molecule has 0 heterocycles. The molecule has 0 aliphatic heterocycles. The monoisotopic (exact) mass is 362 g/mol. The van der Waals surface area contributed by atoms with Gasteiger partial charge in [-0.3, -0.25) is 0 Å². The Morgan fingerprint density at radius 2 is 1.65 bits per heavy atom. The minimum atomic E-state index is -4.23. The zero-order valence-corrected chi connectivity index (χ0v) is 14.0. The van der Waals surface area contributed by atoms with E-state index in [0.29, 0.717) is 3.71 Å². The smallest absolute Gasteiger partial charge is 0.229 e. The Kier molecular flexibility index (Phi) is 5.42. The summed E-state index contributed by atoms with van der Waals surface area (Å²) < 4.78 is 47.7. The number of anilines is 1. The summed E-state index contributed by atoms with van der Waals surface area (Å²) in [6.45, 7) is 1.79. The lowest BCUT2D eigenvalue weighted by atomic mass is 10.2. The molecule has 0 bridgehead atoms. The number of hydrogen-bond acceptors (Lipinski definition) is 3. The van der Waals surface area contributed by atoms with Gasteiger partial charge in [0.2, 0.25) is 11.0 Å². The van der Waals surface area contributed by atoms with Gasteiger partial charge in [-0.15, -0.1) is 0 Å². The van der Waals surface area contributed by atoms with Crippen LogP contribution in [-0.2, 0) is 21.2 Å². The van der Waals surface area contributed by atoms with Gasteiger partial charge in [0, 0.05) is 14.1 Å². The third-order valence-corrected chi connectivity index (χ3v) is 6.49. The van der Waals surface area contributed by atoms with Crippen molar-refractivity contribution in [2.45, 2.75) is 10.8 Å². The van der Waals surface area contributed by atoms with Crippen molar-refractivity contribution >= 4 is 50.1 Å². The zero-order chi connectivity index (χ0) is 15.7. The normalized spacial score (nSPS) is 14.3. The molecule has 0 amide bonds. The highest BCUT2D eigenvalue weighted by molar-refractivity contribution is 8.07. The van der Waals surface area contributed by atoms with Crippen molar-refractivity contribution < 1.29 is 17.0 Å². The number of halogens is 3. The minimum Gasteiger partial charge on any atom is -0.229 e. The van der Waals surface area contributed by atoms with Gasteiger partial charge in [0.15, 0.2) is 0 Å². The first-order valence-corrected chi connectivity index (χ1v) is 8.52. The molecule has 20 heavy (non-hydrogen) atoms. The molecule has 1 aromatic carbocycles. The van der Waals surface area contributed by atoms with Crippen molar-refractivity contribution in [2.75, 3.05) is 17.8 Å². The average molecular weight is 363 g/mol. The topological polar surface area (TPSA) is 57.7 Å². The van der Waals surface area contributed by atoms with Crippen LogP contribution in [0.4, 0.5) is 10.1 Å². The number of hydrogen-bond donors (Lipinski definition) is 0. The molecule has 0 spiro atoms. The van der Waals surface area contributed by atoms with Crippen LogP contribution in [0.5, 0.6) is 0 Å². The second-order valence-corrected chi connectivity index (χ2v) is 9.38. The van der Waals surface area contributed by atoms with Crippen LogP contribution in [0.2, 0.25) is 0 Å². The van der Waals surface area contributed by atoms with Gasteiger partial charge >= 0.3 is 14.1 Å². The van der Waals surface area contributed by atoms with E-state index in [0.717, 1.165) is 9.87 Å². The van der Waals surface area contributed by atoms with Crippen molar-refractivity contribution in [3.05, 3.63) is 29.8 Å². The number of benzene rings is 1. The Morgan fingerprint density at radius 1 is 1.20 bits per heavy atom. The van der Waals surface area contributed by atoms with Crippen molar-refractivity contribution in [3.8, 4) is 0 Å². The van der Waals surface area contributed by atoms with Gasteiger partial charge in [0.1, 0.15) is 0 Å². The molecular formula is C10H13Cl2FN2O3S2. The highest BCUT2D eigenvalue weighted by Gasteiger charge is 2.43. The quantitative estimate of drug-likeness (QED) is 0.755. The molecule has 0 saturated carbocycles. The summed E-state index contributed by atoms with van der Waals surface area (Å²) in [5.41, 5.74) is 0.843. The third kappa shape index (κ3) is 3.82. The van der Waals surface area contributed by atoms with Crippen molar-refractivity contribution in [1.82, 2.24) is 4.31 Å². The van der Waals surface area contributed by atoms with E-state index >= 15 is 0 Å². The standard InChI is InChI=1S/C10H13Cl2FN2O3S2/c1-8-4-6-9(7-5-8)15(19(16)10(11,12)13)20(17,18)14(2)3/h4-7H,1-3H3. The van der Waals surface area contributed by atoms with Crippen LogP contribution in [0.15, 0.2) is 24.3 Å². The molecule has 0 N–H and O–H groups in total. The summed E-state index contributed by atoms with van der Waals surface area (Å²) in [6.07, 6.45) is 0. The van der Waals surface area contributed by atoms with Crippen LogP contribution in [0, 0.1) is 6.92 Å². The fourth-order valence-electron chi connectivity index (χ4n) is 1.22. The molecule has 5 nitrogen and oxygen atoms in total. The van der Waals surface area contributed by atoms with E-state index < -0.39 is 25.1 Å². The molecule has 10 heteroatoms. The highest BCUT2D eigenvalue weighted by Crippen LogP contribution is 2.34. The predicted octanol–water partition coefficient (Wildman–Crippen LogP) is 2.33. The maximum atomic E-state index is 13.5. The predicted molar refractivity (Wildman–Crippen MR) is 80.0 cm³/mol. The van der Waals surface area contributed by atoms with E-state index in [4.69, 9.17) is 23.2 Å². The zero-order valence-electron chi connectivity index (χ0n) is 10.9. The van der Waals surface area contributed by atoms with Crippen LogP contribution >= 0.6 is 23.2 Å². The van der Waals surface area contributed by atoms with Crippen molar-refractivity contribution in [2.24, 2.45) is 0 Å². The fraction of sp³-hybridized carbons (Fsp3) is 0.400. The Labute approximate surface area is 130 Å². The van der Waals surface area contributed by atoms with E-state index in [1.165, 1.54) is 26.2 Å². The molecule has 0 aliphatic carbocycles. The first kappa shape index (κ1) is 17.6. The maximum absolute atomic E-state index is 13.5. The number of aryl methyl sites for hydroxylation is 1. The van der Waals surface area contributed by atoms with Gasteiger partial charge in [-0.05, 0) is 42.3 Å². The SMILES string of the molecule is Cc1ccc(N(S(=O)C(F)(Cl)Cl)S(=O)(=O)N(C)C)cc1. The van der Waals surface area contributed by atoms with Gasteiger partial charge in [0.25, 0.3) is 0 Å². The average Bonchev–Trinajstić information content (AvgIpc) is 2.30. The molecule has 114 valence electrons. The van der Waals surface area contributed by atoms with E-state index in [1.54, 1.807) is 19.1 Å². The Bertz CT molecular complexity index is 600. The van der Waals surface area contributed by atoms with Crippen LogP contribution < -0.4 is 3.71 Å². The van der Waals surface area contributed by atoms with Crippen molar-refractivity contribution in [1.29, 1.82) is 0 Å². The van der Waals surface area contributed by atoms with Crippen molar-refractivity contribution in [3.63, 3.8) is 0 Å². The fourth-order valence-corrected chi connectivity index (χ4v) is 4.46. The van der Waals surface area contributed by atoms with E-state index in [-0.39, 0.29) is 5.69 Å². The lowest BCUT2D eigenvalue weighted by Crippen LogP contribution is -2.45. The van der Waals surface area contributed by atoms with Crippen LogP contribution in [-0.4, -0.2) is 34.9 Å². The lowest BCUT2D eigenvalue weighted by Gasteiger charge is -2.27. The lowest BCUT2D eigenvalue weighted by molar-refractivity contribution is 0.494. The first-order valence-electron chi connectivity index (χ1n) is 5.26.